The van der Waals surface area contributed by atoms with E-state index in [4.69, 9.17) is 11.6 Å². The van der Waals surface area contributed by atoms with Gasteiger partial charge in [0.1, 0.15) is 5.82 Å². The third kappa shape index (κ3) is 3.58. The van der Waals surface area contributed by atoms with Crippen molar-refractivity contribution in [1.82, 2.24) is 15.0 Å². The van der Waals surface area contributed by atoms with Crippen LogP contribution < -0.4 is 10.2 Å². The first-order valence-electron chi connectivity index (χ1n) is 6.90. The molecule has 0 bridgehead atoms. The predicted octanol–water partition coefficient (Wildman–Crippen LogP) is 3.40. The first-order valence-corrected chi connectivity index (χ1v) is 7.27. The Balaban J connectivity index is 1.83. The van der Waals surface area contributed by atoms with E-state index in [0.717, 1.165) is 25.9 Å². The van der Waals surface area contributed by atoms with Crippen molar-refractivity contribution in [2.75, 3.05) is 23.3 Å². The van der Waals surface area contributed by atoms with Crippen molar-refractivity contribution < 1.29 is 4.39 Å². The number of piperidine rings is 1. The van der Waals surface area contributed by atoms with Crippen LogP contribution in [0, 0.1) is 5.82 Å². The van der Waals surface area contributed by atoms with E-state index in [1.165, 1.54) is 18.6 Å². The molecule has 7 heteroatoms. The Morgan fingerprint density at radius 1 is 1.10 bits per heavy atom. The molecule has 0 unspecified atom stereocenters. The molecule has 5 nitrogen and oxygen atoms in total. The lowest BCUT2D eigenvalue weighted by atomic mass is 10.1. The van der Waals surface area contributed by atoms with Gasteiger partial charge in [-0.1, -0.05) is 6.07 Å². The summed E-state index contributed by atoms with van der Waals surface area (Å²) in [6, 6.07) is 6.11. The summed E-state index contributed by atoms with van der Waals surface area (Å²) in [6.07, 6.45) is 3.47. The molecule has 1 aliphatic heterocycles. The maximum atomic E-state index is 13.2. The van der Waals surface area contributed by atoms with Gasteiger partial charge in [-0.3, -0.25) is 0 Å². The van der Waals surface area contributed by atoms with Crippen molar-refractivity contribution in [3.63, 3.8) is 0 Å². The molecule has 0 amide bonds. The summed E-state index contributed by atoms with van der Waals surface area (Å²) in [5.74, 6) is 0.561. The quantitative estimate of drug-likeness (QED) is 0.942. The Bertz CT molecular complexity index is 631. The molecule has 0 aliphatic carbocycles. The van der Waals surface area contributed by atoms with Crippen LogP contribution in [-0.4, -0.2) is 28.0 Å². The first kappa shape index (κ1) is 14.0. The fourth-order valence-corrected chi connectivity index (χ4v) is 2.48. The van der Waals surface area contributed by atoms with Crippen molar-refractivity contribution >= 4 is 29.2 Å². The Kier molecular flexibility index (Phi) is 4.15. The molecule has 1 N–H and O–H groups in total. The van der Waals surface area contributed by atoms with E-state index in [1.807, 2.05) is 0 Å². The van der Waals surface area contributed by atoms with Gasteiger partial charge in [-0.15, -0.1) is 0 Å². The molecule has 110 valence electrons. The lowest BCUT2D eigenvalue weighted by Crippen LogP contribution is -2.31. The van der Waals surface area contributed by atoms with Gasteiger partial charge < -0.3 is 10.2 Å². The number of hydrogen-bond acceptors (Lipinski definition) is 5. The van der Waals surface area contributed by atoms with E-state index < -0.39 is 0 Å². The number of rotatable bonds is 3. The third-order valence-electron chi connectivity index (χ3n) is 3.32. The minimum atomic E-state index is -0.323. The zero-order chi connectivity index (χ0) is 14.7. The van der Waals surface area contributed by atoms with Gasteiger partial charge in [-0.25, -0.2) is 4.39 Å². The highest BCUT2D eigenvalue weighted by Gasteiger charge is 2.15. The van der Waals surface area contributed by atoms with Crippen LogP contribution in [-0.2, 0) is 0 Å². The molecule has 2 heterocycles. The molecule has 21 heavy (non-hydrogen) atoms. The van der Waals surface area contributed by atoms with Gasteiger partial charge in [0.25, 0.3) is 0 Å². The topological polar surface area (TPSA) is 53.9 Å². The fourth-order valence-electron chi connectivity index (χ4n) is 2.33. The monoisotopic (exact) mass is 307 g/mol. The second-order valence-electron chi connectivity index (χ2n) is 4.91. The normalized spacial score (nSPS) is 15.0. The summed E-state index contributed by atoms with van der Waals surface area (Å²) in [5, 5.41) is 3.08. The van der Waals surface area contributed by atoms with Gasteiger partial charge in [0, 0.05) is 18.8 Å². The average molecular weight is 308 g/mol. The van der Waals surface area contributed by atoms with Gasteiger partial charge in [0.15, 0.2) is 0 Å². The highest BCUT2D eigenvalue weighted by Crippen LogP contribution is 2.20. The van der Waals surface area contributed by atoms with E-state index >= 15 is 0 Å². The van der Waals surface area contributed by atoms with Crippen molar-refractivity contribution in [3.05, 3.63) is 35.4 Å². The SMILES string of the molecule is Fc1cccc(Nc2nc(Cl)nc(N3CCCCC3)n2)c1. The van der Waals surface area contributed by atoms with Crippen LogP contribution in [0.15, 0.2) is 24.3 Å². The molecule has 1 aliphatic rings. The summed E-state index contributed by atoms with van der Waals surface area (Å²) in [6.45, 7) is 1.83. The maximum absolute atomic E-state index is 13.2. The zero-order valence-electron chi connectivity index (χ0n) is 11.4. The molecule has 0 saturated carbocycles. The van der Waals surface area contributed by atoms with E-state index in [1.54, 1.807) is 12.1 Å². The van der Waals surface area contributed by atoms with E-state index in [9.17, 15) is 4.39 Å². The Hall–Kier alpha value is -1.95. The van der Waals surface area contributed by atoms with Crippen LogP contribution in [0.2, 0.25) is 5.28 Å². The Morgan fingerprint density at radius 2 is 1.90 bits per heavy atom. The van der Waals surface area contributed by atoms with Gasteiger partial charge in [0.2, 0.25) is 17.2 Å². The molecule has 0 atom stereocenters. The zero-order valence-corrected chi connectivity index (χ0v) is 12.1. The van der Waals surface area contributed by atoms with Crippen molar-refractivity contribution in [1.29, 1.82) is 0 Å². The summed E-state index contributed by atoms with van der Waals surface area (Å²) in [4.78, 5) is 14.7. The highest BCUT2D eigenvalue weighted by atomic mass is 35.5. The van der Waals surface area contributed by atoms with Gasteiger partial charge >= 0.3 is 0 Å². The molecular weight excluding hydrogens is 293 g/mol. The molecule has 3 rings (SSSR count). The molecule has 2 aromatic rings. The van der Waals surface area contributed by atoms with E-state index in [-0.39, 0.29) is 11.1 Å². The largest absolute Gasteiger partial charge is 0.341 e. The van der Waals surface area contributed by atoms with Crippen LogP contribution >= 0.6 is 11.6 Å². The number of anilines is 3. The number of aromatic nitrogens is 3. The maximum Gasteiger partial charge on any atom is 0.233 e. The summed E-state index contributed by atoms with van der Waals surface area (Å²) in [5.41, 5.74) is 0.571. The fraction of sp³-hybridized carbons (Fsp3) is 0.357. The Morgan fingerprint density at radius 3 is 2.67 bits per heavy atom. The van der Waals surface area contributed by atoms with Gasteiger partial charge in [-0.05, 0) is 49.1 Å². The van der Waals surface area contributed by atoms with Gasteiger partial charge in [0.05, 0.1) is 0 Å². The molecule has 0 radical (unpaired) electrons. The van der Waals surface area contributed by atoms with Crippen molar-refractivity contribution in [3.8, 4) is 0 Å². The lowest BCUT2D eigenvalue weighted by Gasteiger charge is -2.26. The van der Waals surface area contributed by atoms with Crippen LogP contribution in [0.5, 0.6) is 0 Å². The average Bonchev–Trinajstić information content (AvgIpc) is 2.47. The van der Waals surface area contributed by atoms with Crippen LogP contribution in [0.4, 0.5) is 22.0 Å². The number of hydrogen-bond donors (Lipinski definition) is 1. The highest BCUT2D eigenvalue weighted by molar-refractivity contribution is 6.28. The minimum absolute atomic E-state index is 0.129. The molecule has 1 aromatic carbocycles. The van der Waals surface area contributed by atoms with Crippen LogP contribution in [0.1, 0.15) is 19.3 Å². The molecule has 1 saturated heterocycles. The molecule has 1 aromatic heterocycles. The molecule has 0 spiro atoms. The molecule has 1 fully saturated rings. The minimum Gasteiger partial charge on any atom is -0.341 e. The second kappa shape index (κ2) is 6.22. The lowest BCUT2D eigenvalue weighted by molar-refractivity contribution is 0.567. The van der Waals surface area contributed by atoms with E-state index in [2.05, 4.69) is 25.2 Å². The number of halogens is 2. The number of benzene rings is 1. The van der Waals surface area contributed by atoms with Crippen molar-refractivity contribution in [2.24, 2.45) is 0 Å². The summed E-state index contributed by atoms with van der Waals surface area (Å²) < 4.78 is 13.2. The number of nitrogens with zero attached hydrogens (tertiary/aromatic N) is 4. The standard InChI is InChI=1S/C14H15ClFN5/c15-12-18-13(17-11-6-4-5-10(16)9-11)20-14(19-12)21-7-2-1-3-8-21/h4-6,9H,1-3,7-8H2,(H,17,18,19,20). The van der Waals surface area contributed by atoms with Crippen molar-refractivity contribution in [2.45, 2.75) is 19.3 Å². The second-order valence-corrected chi connectivity index (χ2v) is 5.25. The summed E-state index contributed by atoms with van der Waals surface area (Å²) >= 11 is 5.96. The smallest absolute Gasteiger partial charge is 0.233 e. The van der Waals surface area contributed by atoms with Crippen LogP contribution in [0.25, 0.3) is 0 Å². The predicted molar refractivity (Wildman–Crippen MR) is 80.6 cm³/mol. The number of nitrogens with one attached hydrogen (secondary N) is 1. The third-order valence-corrected chi connectivity index (χ3v) is 3.49. The van der Waals surface area contributed by atoms with Crippen LogP contribution in [0.3, 0.4) is 0 Å². The Labute approximate surface area is 127 Å². The van der Waals surface area contributed by atoms with Gasteiger partial charge in [-0.2, -0.15) is 15.0 Å². The summed E-state index contributed by atoms with van der Waals surface area (Å²) in [7, 11) is 0. The first-order chi connectivity index (χ1) is 10.2. The molecular formula is C14H15ClFN5. The van der Waals surface area contributed by atoms with E-state index in [0.29, 0.717) is 17.6 Å².